The molecule has 1 fully saturated rings. The third-order valence-corrected chi connectivity index (χ3v) is 5.25. The van der Waals surface area contributed by atoms with Crippen molar-refractivity contribution in [2.75, 3.05) is 20.1 Å². The van der Waals surface area contributed by atoms with Crippen molar-refractivity contribution in [3.05, 3.63) is 65.8 Å². The summed E-state index contributed by atoms with van der Waals surface area (Å²) in [6.45, 7) is 2.50. The summed E-state index contributed by atoms with van der Waals surface area (Å²) in [5, 5.41) is 7.37. The highest BCUT2D eigenvalue weighted by molar-refractivity contribution is 5.85. The molecule has 1 unspecified atom stereocenters. The molecular formula is C22H26ClN5O2. The van der Waals surface area contributed by atoms with Crippen molar-refractivity contribution in [1.29, 1.82) is 0 Å². The highest BCUT2D eigenvalue weighted by atomic mass is 35.5. The molecule has 2 aromatic heterocycles. The maximum Gasteiger partial charge on any atom is 0.246 e. The number of hydrogen-bond acceptors (Lipinski definition) is 6. The molecule has 0 aliphatic carbocycles. The van der Waals surface area contributed by atoms with Gasteiger partial charge in [0.05, 0.1) is 13.0 Å². The monoisotopic (exact) mass is 427 g/mol. The van der Waals surface area contributed by atoms with Crippen LogP contribution in [0.15, 0.2) is 53.3 Å². The number of pyridine rings is 1. The Labute approximate surface area is 182 Å². The minimum atomic E-state index is 0. The maximum atomic E-state index is 12.6. The number of amides is 1. The Hall–Kier alpha value is -2.77. The van der Waals surface area contributed by atoms with Gasteiger partial charge < -0.3 is 14.7 Å². The topological polar surface area (TPSA) is 84.2 Å². The molecule has 158 valence electrons. The van der Waals surface area contributed by atoms with Gasteiger partial charge in [-0.25, -0.2) is 0 Å². The number of carbonyl (C=O) groups is 1. The summed E-state index contributed by atoms with van der Waals surface area (Å²) in [7, 11) is 1.75. The van der Waals surface area contributed by atoms with Crippen LogP contribution in [0.25, 0.3) is 11.4 Å². The van der Waals surface area contributed by atoms with Crippen molar-refractivity contribution in [1.82, 2.24) is 25.3 Å². The summed E-state index contributed by atoms with van der Waals surface area (Å²) in [5.41, 5.74) is 3.12. The van der Waals surface area contributed by atoms with Gasteiger partial charge >= 0.3 is 0 Å². The van der Waals surface area contributed by atoms with Crippen molar-refractivity contribution in [3.8, 4) is 11.4 Å². The third-order valence-electron chi connectivity index (χ3n) is 5.25. The molecule has 8 heteroatoms. The van der Waals surface area contributed by atoms with Gasteiger partial charge in [0.15, 0.2) is 0 Å². The normalized spacial score (nSPS) is 15.6. The Balaban J connectivity index is 0.00000256. The Morgan fingerprint density at radius 1 is 1.23 bits per heavy atom. The molecule has 1 atom stereocenters. The van der Waals surface area contributed by atoms with Crippen molar-refractivity contribution < 1.29 is 9.32 Å². The molecule has 7 nitrogen and oxygen atoms in total. The van der Waals surface area contributed by atoms with Crippen LogP contribution in [-0.4, -0.2) is 46.1 Å². The van der Waals surface area contributed by atoms with Crippen LogP contribution < -0.4 is 5.32 Å². The predicted octanol–water partition coefficient (Wildman–Crippen LogP) is 2.91. The van der Waals surface area contributed by atoms with Crippen LogP contribution in [0.2, 0.25) is 0 Å². The van der Waals surface area contributed by atoms with E-state index in [9.17, 15) is 4.79 Å². The fourth-order valence-corrected chi connectivity index (χ4v) is 3.55. The number of hydrogen-bond donors (Lipinski definition) is 1. The molecule has 1 saturated heterocycles. The van der Waals surface area contributed by atoms with E-state index < -0.39 is 0 Å². The van der Waals surface area contributed by atoms with Gasteiger partial charge in [-0.2, -0.15) is 4.98 Å². The number of benzene rings is 1. The first kappa shape index (κ1) is 21.9. The van der Waals surface area contributed by atoms with Gasteiger partial charge in [0.1, 0.15) is 0 Å². The molecule has 3 aromatic rings. The van der Waals surface area contributed by atoms with E-state index in [-0.39, 0.29) is 24.9 Å². The fraction of sp³-hybridized carbons (Fsp3) is 0.364. The van der Waals surface area contributed by atoms with Crippen LogP contribution in [0.1, 0.15) is 23.4 Å². The molecule has 1 N–H and O–H groups in total. The molecule has 1 amide bonds. The minimum absolute atomic E-state index is 0. The first-order chi connectivity index (χ1) is 14.2. The summed E-state index contributed by atoms with van der Waals surface area (Å²) in [5.74, 6) is 1.61. The van der Waals surface area contributed by atoms with Gasteiger partial charge in [0.25, 0.3) is 0 Å². The summed E-state index contributed by atoms with van der Waals surface area (Å²) in [4.78, 5) is 22.6. The lowest BCUT2D eigenvalue weighted by atomic mass is 9.97. The van der Waals surface area contributed by atoms with Gasteiger partial charge in [0.2, 0.25) is 17.6 Å². The summed E-state index contributed by atoms with van der Waals surface area (Å²) in [6.07, 6.45) is 6.05. The molecule has 0 radical (unpaired) electrons. The zero-order chi connectivity index (χ0) is 20.1. The Morgan fingerprint density at radius 3 is 2.73 bits per heavy atom. The molecular weight excluding hydrogens is 402 g/mol. The number of nitrogens with zero attached hydrogens (tertiary/aromatic N) is 4. The molecule has 1 aliphatic heterocycles. The SMILES string of the molecule is CN(Cc1nc(-c2cccnc2)no1)C(=O)Cc1ccc(CC2CCNC2)cc1.Cl. The van der Waals surface area contributed by atoms with Gasteiger partial charge in [-0.05, 0) is 55.1 Å². The zero-order valence-corrected chi connectivity index (χ0v) is 17.8. The fourth-order valence-electron chi connectivity index (χ4n) is 3.55. The molecule has 4 rings (SSSR count). The van der Waals surface area contributed by atoms with E-state index in [2.05, 4.69) is 44.7 Å². The average molecular weight is 428 g/mol. The van der Waals surface area contributed by atoms with Gasteiger partial charge in [-0.15, -0.1) is 12.4 Å². The summed E-state index contributed by atoms with van der Waals surface area (Å²) < 4.78 is 5.28. The van der Waals surface area contributed by atoms with Gasteiger partial charge in [-0.1, -0.05) is 29.4 Å². The smallest absolute Gasteiger partial charge is 0.246 e. The number of likely N-dealkylation sites (N-methyl/N-ethyl adjacent to an activating group) is 1. The largest absolute Gasteiger partial charge is 0.337 e. The lowest BCUT2D eigenvalue weighted by Gasteiger charge is -2.15. The minimum Gasteiger partial charge on any atom is -0.337 e. The second-order valence-corrected chi connectivity index (χ2v) is 7.56. The van der Waals surface area contributed by atoms with Crippen LogP contribution in [0, 0.1) is 5.92 Å². The van der Waals surface area contributed by atoms with Gasteiger partial charge in [0, 0.05) is 25.0 Å². The van der Waals surface area contributed by atoms with E-state index in [0.717, 1.165) is 36.6 Å². The van der Waals surface area contributed by atoms with Crippen LogP contribution in [0.3, 0.4) is 0 Å². The Bertz CT molecular complexity index is 940. The van der Waals surface area contributed by atoms with Crippen LogP contribution in [0.5, 0.6) is 0 Å². The molecule has 0 saturated carbocycles. The van der Waals surface area contributed by atoms with Crippen molar-refractivity contribution in [2.24, 2.45) is 5.92 Å². The predicted molar refractivity (Wildman–Crippen MR) is 116 cm³/mol. The van der Waals surface area contributed by atoms with E-state index in [4.69, 9.17) is 4.52 Å². The van der Waals surface area contributed by atoms with E-state index >= 15 is 0 Å². The van der Waals surface area contributed by atoms with Crippen molar-refractivity contribution in [2.45, 2.75) is 25.8 Å². The molecule has 3 heterocycles. The number of halogens is 1. The lowest BCUT2D eigenvalue weighted by molar-refractivity contribution is -0.130. The maximum absolute atomic E-state index is 12.6. The average Bonchev–Trinajstić information content (AvgIpc) is 3.42. The highest BCUT2D eigenvalue weighted by Gasteiger charge is 2.17. The van der Waals surface area contributed by atoms with E-state index in [0.29, 0.717) is 18.1 Å². The van der Waals surface area contributed by atoms with E-state index in [1.807, 2.05) is 12.1 Å². The second-order valence-electron chi connectivity index (χ2n) is 7.56. The van der Waals surface area contributed by atoms with Crippen LogP contribution in [0.4, 0.5) is 0 Å². The Kier molecular flexibility index (Phi) is 7.54. The first-order valence-corrected chi connectivity index (χ1v) is 9.93. The zero-order valence-electron chi connectivity index (χ0n) is 17.0. The molecule has 0 bridgehead atoms. The Morgan fingerprint density at radius 2 is 2.03 bits per heavy atom. The van der Waals surface area contributed by atoms with Crippen LogP contribution in [-0.2, 0) is 24.2 Å². The number of nitrogens with one attached hydrogen (secondary N) is 1. The number of rotatable bonds is 7. The van der Waals surface area contributed by atoms with Crippen molar-refractivity contribution >= 4 is 18.3 Å². The van der Waals surface area contributed by atoms with Crippen LogP contribution >= 0.6 is 12.4 Å². The highest BCUT2D eigenvalue weighted by Crippen LogP contribution is 2.17. The summed E-state index contributed by atoms with van der Waals surface area (Å²) >= 11 is 0. The van der Waals surface area contributed by atoms with Crippen molar-refractivity contribution in [3.63, 3.8) is 0 Å². The molecule has 30 heavy (non-hydrogen) atoms. The van der Waals surface area contributed by atoms with E-state index in [1.165, 1.54) is 12.0 Å². The van der Waals surface area contributed by atoms with Gasteiger partial charge in [-0.3, -0.25) is 9.78 Å². The third kappa shape index (κ3) is 5.64. The summed E-state index contributed by atoms with van der Waals surface area (Å²) in [6, 6.07) is 12.1. The number of aromatic nitrogens is 3. The molecule has 0 spiro atoms. The quantitative estimate of drug-likeness (QED) is 0.624. The molecule has 1 aliphatic rings. The first-order valence-electron chi connectivity index (χ1n) is 9.93. The molecule has 1 aromatic carbocycles. The second kappa shape index (κ2) is 10.3. The standard InChI is InChI=1S/C22H25N5O2.ClH/c1-27(15-20-25-22(26-29-20)19-3-2-9-23-14-19)21(28)12-17-6-4-16(5-7-17)11-18-8-10-24-13-18;/h2-7,9,14,18,24H,8,10-13,15H2,1H3;1H. The lowest BCUT2D eigenvalue weighted by Crippen LogP contribution is -2.27. The number of carbonyl (C=O) groups excluding carboxylic acids is 1. The van der Waals surface area contributed by atoms with E-state index in [1.54, 1.807) is 24.3 Å².